The number of halogens is 3. The van der Waals surface area contributed by atoms with Crippen LogP contribution < -0.4 is 11.3 Å². The SMILES string of the molecule is C#CC(NN)C1CCCC(C(F)(F)F)C1. The molecule has 0 amide bonds. The zero-order valence-corrected chi connectivity index (χ0v) is 8.35. The monoisotopic (exact) mass is 220 g/mol. The van der Waals surface area contributed by atoms with Gasteiger partial charge in [0.15, 0.2) is 0 Å². The summed E-state index contributed by atoms with van der Waals surface area (Å²) in [5.74, 6) is 6.20. The predicted octanol–water partition coefficient (Wildman–Crippen LogP) is 1.82. The van der Waals surface area contributed by atoms with E-state index in [1.54, 1.807) is 0 Å². The van der Waals surface area contributed by atoms with Crippen LogP contribution in [-0.2, 0) is 0 Å². The van der Waals surface area contributed by atoms with Crippen molar-refractivity contribution >= 4 is 0 Å². The van der Waals surface area contributed by atoms with Crippen LogP contribution in [0.1, 0.15) is 25.7 Å². The third-order valence-electron chi connectivity index (χ3n) is 3.01. The number of hydrogen-bond donors (Lipinski definition) is 2. The van der Waals surface area contributed by atoms with Gasteiger partial charge in [-0.25, -0.2) is 5.43 Å². The van der Waals surface area contributed by atoms with Crippen LogP contribution in [0.5, 0.6) is 0 Å². The summed E-state index contributed by atoms with van der Waals surface area (Å²) in [5.41, 5.74) is 2.39. The molecular formula is C10H15F3N2. The summed E-state index contributed by atoms with van der Waals surface area (Å²) in [4.78, 5) is 0. The van der Waals surface area contributed by atoms with Gasteiger partial charge in [-0.1, -0.05) is 12.3 Å². The average molecular weight is 220 g/mol. The van der Waals surface area contributed by atoms with Crippen LogP contribution in [0.2, 0.25) is 0 Å². The minimum atomic E-state index is -4.10. The Balaban J connectivity index is 2.60. The first-order valence-electron chi connectivity index (χ1n) is 4.98. The quantitative estimate of drug-likeness (QED) is 0.423. The molecule has 1 saturated carbocycles. The molecule has 3 unspecified atom stereocenters. The third kappa shape index (κ3) is 3.11. The summed E-state index contributed by atoms with van der Waals surface area (Å²) in [5, 5.41) is 0. The van der Waals surface area contributed by atoms with E-state index in [9.17, 15) is 13.2 Å². The summed E-state index contributed by atoms with van der Waals surface area (Å²) in [6.45, 7) is 0. The van der Waals surface area contributed by atoms with Crippen molar-refractivity contribution in [2.24, 2.45) is 17.7 Å². The Morgan fingerprint density at radius 1 is 1.40 bits per heavy atom. The van der Waals surface area contributed by atoms with E-state index in [-0.39, 0.29) is 18.8 Å². The van der Waals surface area contributed by atoms with Crippen LogP contribution >= 0.6 is 0 Å². The summed E-state index contributed by atoms with van der Waals surface area (Å²) >= 11 is 0. The minimum absolute atomic E-state index is 0.0859. The lowest BCUT2D eigenvalue weighted by Gasteiger charge is -2.33. The molecule has 1 aliphatic carbocycles. The first kappa shape index (κ1) is 12.3. The van der Waals surface area contributed by atoms with Crippen LogP contribution in [0.15, 0.2) is 0 Å². The van der Waals surface area contributed by atoms with Gasteiger partial charge in [0.25, 0.3) is 0 Å². The van der Waals surface area contributed by atoms with Crippen LogP contribution in [0.4, 0.5) is 13.2 Å². The van der Waals surface area contributed by atoms with Crippen molar-refractivity contribution in [2.45, 2.75) is 37.9 Å². The highest BCUT2D eigenvalue weighted by Gasteiger charge is 2.43. The molecule has 5 heteroatoms. The molecule has 0 aromatic heterocycles. The van der Waals surface area contributed by atoms with Gasteiger partial charge >= 0.3 is 6.18 Å². The lowest BCUT2D eigenvalue weighted by Crippen LogP contribution is -2.43. The molecule has 1 rings (SSSR count). The molecule has 0 aliphatic heterocycles. The number of nitrogens with two attached hydrogens (primary N) is 1. The van der Waals surface area contributed by atoms with Crippen molar-refractivity contribution in [3.05, 3.63) is 0 Å². The van der Waals surface area contributed by atoms with E-state index in [2.05, 4.69) is 11.3 Å². The summed E-state index contributed by atoms with van der Waals surface area (Å²) in [6, 6.07) is -0.449. The molecule has 0 spiro atoms. The highest BCUT2D eigenvalue weighted by atomic mass is 19.4. The van der Waals surface area contributed by atoms with Crippen LogP contribution in [0.3, 0.4) is 0 Å². The molecule has 3 N–H and O–H groups in total. The van der Waals surface area contributed by atoms with Crippen molar-refractivity contribution in [1.29, 1.82) is 0 Å². The van der Waals surface area contributed by atoms with E-state index in [0.717, 1.165) is 0 Å². The molecule has 0 aromatic rings. The Hall–Kier alpha value is -0.730. The number of rotatable bonds is 2. The fourth-order valence-corrected chi connectivity index (χ4v) is 2.15. The predicted molar refractivity (Wildman–Crippen MR) is 51.4 cm³/mol. The number of nitrogens with one attached hydrogen (secondary N) is 1. The lowest BCUT2D eigenvalue weighted by atomic mass is 9.78. The van der Waals surface area contributed by atoms with Crippen molar-refractivity contribution in [3.8, 4) is 12.3 Å². The summed E-state index contributed by atoms with van der Waals surface area (Å²) in [7, 11) is 0. The van der Waals surface area contributed by atoms with E-state index >= 15 is 0 Å². The molecule has 0 aromatic carbocycles. The first-order chi connectivity index (χ1) is 6.99. The molecular weight excluding hydrogens is 205 g/mol. The van der Waals surface area contributed by atoms with Gasteiger partial charge in [-0.2, -0.15) is 13.2 Å². The Morgan fingerprint density at radius 2 is 2.07 bits per heavy atom. The Bertz CT molecular complexity index is 244. The van der Waals surface area contributed by atoms with E-state index in [1.807, 2.05) is 0 Å². The standard InChI is InChI=1S/C10H15F3N2/c1-2-9(15-14)7-4-3-5-8(6-7)10(11,12)13/h1,7-9,15H,3-6,14H2. The van der Waals surface area contributed by atoms with Gasteiger partial charge in [0.1, 0.15) is 0 Å². The van der Waals surface area contributed by atoms with Gasteiger partial charge < -0.3 is 0 Å². The largest absolute Gasteiger partial charge is 0.391 e. The summed E-state index contributed by atoms with van der Waals surface area (Å²) in [6.07, 6.45) is 2.66. The number of hydrogen-bond acceptors (Lipinski definition) is 2. The van der Waals surface area contributed by atoms with Gasteiger partial charge in [-0.15, -0.1) is 6.42 Å². The second kappa shape index (κ2) is 4.86. The van der Waals surface area contributed by atoms with E-state index in [1.165, 1.54) is 0 Å². The number of terminal acetylenes is 1. The van der Waals surface area contributed by atoms with Crippen molar-refractivity contribution in [3.63, 3.8) is 0 Å². The highest BCUT2D eigenvalue weighted by Crippen LogP contribution is 2.40. The van der Waals surface area contributed by atoms with Gasteiger partial charge in [-0.3, -0.25) is 5.84 Å². The molecule has 1 fully saturated rings. The molecule has 0 heterocycles. The second-order valence-electron chi connectivity index (χ2n) is 3.98. The van der Waals surface area contributed by atoms with Crippen LogP contribution in [-0.4, -0.2) is 12.2 Å². The van der Waals surface area contributed by atoms with E-state index in [4.69, 9.17) is 12.3 Å². The maximum absolute atomic E-state index is 12.5. The van der Waals surface area contributed by atoms with Crippen LogP contribution in [0.25, 0.3) is 0 Å². The zero-order chi connectivity index (χ0) is 11.5. The smallest absolute Gasteiger partial charge is 0.270 e. The fourth-order valence-electron chi connectivity index (χ4n) is 2.15. The first-order valence-corrected chi connectivity index (χ1v) is 4.98. The van der Waals surface area contributed by atoms with E-state index in [0.29, 0.717) is 12.8 Å². The van der Waals surface area contributed by atoms with Crippen molar-refractivity contribution in [1.82, 2.24) is 5.43 Å². The second-order valence-corrected chi connectivity index (χ2v) is 3.98. The third-order valence-corrected chi connectivity index (χ3v) is 3.01. The molecule has 86 valence electrons. The highest BCUT2D eigenvalue weighted by molar-refractivity contribution is 5.02. The average Bonchev–Trinajstić information content (AvgIpc) is 2.19. The normalized spacial score (nSPS) is 29.5. The van der Waals surface area contributed by atoms with Crippen molar-refractivity contribution in [2.75, 3.05) is 0 Å². The van der Waals surface area contributed by atoms with Gasteiger partial charge in [-0.05, 0) is 25.2 Å². The Morgan fingerprint density at radius 3 is 2.53 bits per heavy atom. The number of hydrazine groups is 1. The van der Waals surface area contributed by atoms with Gasteiger partial charge in [0.05, 0.1) is 12.0 Å². The van der Waals surface area contributed by atoms with Gasteiger partial charge in [0.2, 0.25) is 0 Å². The zero-order valence-electron chi connectivity index (χ0n) is 8.35. The molecule has 0 radical (unpaired) electrons. The fraction of sp³-hybridized carbons (Fsp3) is 0.800. The van der Waals surface area contributed by atoms with Gasteiger partial charge in [0, 0.05) is 0 Å². The number of alkyl halides is 3. The topological polar surface area (TPSA) is 38.0 Å². The molecule has 2 nitrogen and oxygen atoms in total. The molecule has 3 atom stereocenters. The van der Waals surface area contributed by atoms with Crippen molar-refractivity contribution < 1.29 is 13.2 Å². The minimum Gasteiger partial charge on any atom is -0.270 e. The van der Waals surface area contributed by atoms with E-state index < -0.39 is 18.1 Å². The van der Waals surface area contributed by atoms with Crippen LogP contribution in [0, 0.1) is 24.2 Å². The maximum Gasteiger partial charge on any atom is 0.391 e. The Labute approximate surface area is 87.4 Å². The Kier molecular flexibility index (Phi) is 4.00. The summed E-state index contributed by atoms with van der Waals surface area (Å²) < 4.78 is 37.4. The maximum atomic E-state index is 12.5. The lowest BCUT2D eigenvalue weighted by molar-refractivity contribution is -0.186. The molecule has 1 aliphatic rings. The molecule has 0 bridgehead atoms. The molecule has 0 saturated heterocycles. The molecule has 15 heavy (non-hydrogen) atoms.